The monoisotopic (exact) mass is 404 g/mol. The van der Waals surface area contributed by atoms with Gasteiger partial charge in [0.15, 0.2) is 5.13 Å². The van der Waals surface area contributed by atoms with Gasteiger partial charge in [-0.3, -0.25) is 9.59 Å². The lowest BCUT2D eigenvalue weighted by atomic mass is 10.1. The highest BCUT2D eigenvalue weighted by Gasteiger charge is 2.12. The summed E-state index contributed by atoms with van der Waals surface area (Å²) in [5, 5.41) is 7.63. The fourth-order valence-electron chi connectivity index (χ4n) is 3.28. The zero-order valence-corrected chi connectivity index (χ0v) is 17.0. The van der Waals surface area contributed by atoms with Crippen LogP contribution in [0, 0.1) is 13.8 Å². The van der Waals surface area contributed by atoms with Gasteiger partial charge in [-0.15, -0.1) is 11.3 Å². The lowest BCUT2D eigenvalue weighted by molar-refractivity contribution is -0.116. The maximum absolute atomic E-state index is 12.3. The van der Waals surface area contributed by atoms with E-state index < -0.39 is 0 Å². The van der Waals surface area contributed by atoms with Crippen LogP contribution in [0.15, 0.2) is 52.6 Å². The molecule has 4 rings (SSSR count). The maximum atomic E-state index is 12.3. The molecule has 0 radical (unpaired) electrons. The van der Waals surface area contributed by atoms with Crippen LogP contribution in [-0.2, 0) is 11.2 Å². The Labute approximate surface area is 171 Å². The first kappa shape index (κ1) is 19.0. The average Bonchev–Trinajstić information content (AvgIpc) is 3.15. The second-order valence-corrected chi connectivity index (χ2v) is 7.72. The topological polar surface area (TPSA) is 87.7 Å². The Morgan fingerprint density at radius 2 is 1.90 bits per heavy atom. The van der Waals surface area contributed by atoms with Crippen molar-refractivity contribution in [3.63, 3.8) is 0 Å². The first-order chi connectivity index (χ1) is 14.0. The molecule has 0 aliphatic rings. The third-order valence-electron chi connectivity index (χ3n) is 4.74. The van der Waals surface area contributed by atoms with E-state index in [-0.39, 0.29) is 17.9 Å². The van der Waals surface area contributed by atoms with Crippen LogP contribution >= 0.6 is 11.3 Å². The minimum atomic E-state index is -0.185. The number of benzene rings is 2. The Kier molecular flexibility index (Phi) is 5.22. The van der Waals surface area contributed by atoms with Crippen LogP contribution in [0.4, 0.5) is 5.13 Å². The van der Waals surface area contributed by atoms with Crippen molar-refractivity contribution in [2.75, 3.05) is 5.32 Å². The molecule has 0 bridgehead atoms. The second-order valence-electron chi connectivity index (χ2n) is 6.86. The van der Waals surface area contributed by atoms with Crippen molar-refractivity contribution in [1.82, 2.24) is 15.0 Å². The summed E-state index contributed by atoms with van der Waals surface area (Å²) in [6, 6.07) is 14.4. The summed E-state index contributed by atoms with van der Waals surface area (Å²) in [5.41, 5.74) is 2.85. The number of hydrogen-bond donors (Lipinski definition) is 2. The molecule has 0 atom stereocenters. The number of rotatable bonds is 5. The van der Waals surface area contributed by atoms with Crippen LogP contribution in [0.2, 0.25) is 0 Å². The van der Waals surface area contributed by atoms with Crippen LogP contribution < -0.4 is 10.9 Å². The van der Waals surface area contributed by atoms with Crippen molar-refractivity contribution in [3.8, 4) is 11.3 Å². The van der Waals surface area contributed by atoms with Gasteiger partial charge in [-0.05, 0) is 37.1 Å². The molecule has 0 spiro atoms. The number of thiazole rings is 1. The van der Waals surface area contributed by atoms with E-state index in [1.54, 1.807) is 13.8 Å². The van der Waals surface area contributed by atoms with Crippen molar-refractivity contribution in [3.05, 3.63) is 75.3 Å². The third kappa shape index (κ3) is 4.25. The van der Waals surface area contributed by atoms with E-state index in [0.29, 0.717) is 28.6 Å². The van der Waals surface area contributed by atoms with E-state index in [9.17, 15) is 9.59 Å². The first-order valence-corrected chi connectivity index (χ1v) is 10.2. The number of fused-ring (bicyclic) bond motifs is 1. The second kappa shape index (κ2) is 7.97. The molecule has 4 aromatic rings. The molecular weight excluding hydrogens is 384 g/mol. The van der Waals surface area contributed by atoms with Crippen LogP contribution in [-0.4, -0.2) is 20.9 Å². The van der Waals surface area contributed by atoms with Gasteiger partial charge in [-0.1, -0.05) is 36.4 Å². The van der Waals surface area contributed by atoms with Gasteiger partial charge >= 0.3 is 0 Å². The lowest BCUT2D eigenvalue weighted by Crippen LogP contribution is -2.20. The fraction of sp³-hybridized carbons (Fsp3) is 0.182. The molecule has 6 nitrogen and oxygen atoms in total. The zero-order chi connectivity index (χ0) is 20.4. The Balaban J connectivity index is 1.43. The van der Waals surface area contributed by atoms with Crippen molar-refractivity contribution < 1.29 is 4.79 Å². The number of anilines is 1. The molecule has 2 heterocycles. The Morgan fingerprint density at radius 1 is 1.10 bits per heavy atom. The summed E-state index contributed by atoms with van der Waals surface area (Å²) < 4.78 is 0. The highest BCUT2D eigenvalue weighted by atomic mass is 32.1. The SMILES string of the molecule is Cc1nc(C)c(CCC(=O)Nc2nc(-c3ccc4ccccc4c3)cs2)c(=O)[nH]1. The van der Waals surface area contributed by atoms with Crippen molar-refractivity contribution in [1.29, 1.82) is 0 Å². The molecule has 2 N–H and O–H groups in total. The van der Waals surface area contributed by atoms with Gasteiger partial charge in [0.2, 0.25) is 5.91 Å². The molecule has 7 heteroatoms. The number of hydrogen-bond acceptors (Lipinski definition) is 5. The van der Waals surface area contributed by atoms with E-state index in [4.69, 9.17) is 0 Å². The first-order valence-electron chi connectivity index (χ1n) is 9.30. The summed E-state index contributed by atoms with van der Waals surface area (Å²) in [6.07, 6.45) is 0.530. The standard InChI is InChI=1S/C22H20N4O2S/c1-13-18(21(28)24-14(2)23-13)9-10-20(27)26-22-25-19(12-29-22)17-8-7-15-5-3-4-6-16(15)11-17/h3-8,11-12H,9-10H2,1-2H3,(H,23,24,28)(H,25,26,27). The van der Waals surface area contributed by atoms with Gasteiger partial charge in [0, 0.05) is 28.6 Å². The van der Waals surface area contributed by atoms with E-state index in [1.165, 1.54) is 16.7 Å². The molecule has 29 heavy (non-hydrogen) atoms. The van der Waals surface area contributed by atoms with Crippen molar-refractivity contribution >= 4 is 33.1 Å². The molecule has 0 saturated heterocycles. The fourth-order valence-corrected chi connectivity index (χ4v) is 4.01. The Bertz CT molecular complexity index is 1260. The molecule has 2 aromatic heterocycles. The summed E-state index contributed by atoms with van der Waals surface area (Å²) >= 11 is 1.38. The molecular formula is C22H20N4O2S. The van der Waals surface area contributed by atoms with Gasteiger partial charge in [-0.2, -0.15) is 0 Å². The largest absolute Gasteiger partial charge is 0.311 e. The van der Waals surface area contributed by atoms with E-state index in [0.717, 1.165) is 16.6 Å². The number of carbonyl (C=O) groups is 1. The number of aryl methyl sites for hydroxylation is 2. The van der Waals surface area contributed by atoms with E-state index >= 15 is 0 Å². The Hall–Kier alpha value is -3.32. The van der Waals surface area contributed by atoms with Crippen LogP contribution in [0.25, 0.3) is 22.0 Å². The highest BCUT2D eigenvalue weighted by Crippen LogP contribution is 2.27. The summed E-state index contributed by atoms with van der Waals surface area (Å²) in [6.45, 7) is 3.52. The average molecular weight is 404 g/mol. The highest BCUT2D eigenvalue weighted by molar-refractivity contribution is 7.14. The number of nitrogens with zero attached hydrogens (tertiary/aromatic N) is 2. The molecule has 0 saturated carbocycles. The number of nitrogens with one attached hydrogen (secondary N) is 2. The summed E-state index contributed by atoms with van der Waals surface area (Å²) in [7, 11) is 0. The number of aromatic amines is 1. The number of carbonyl (C=O) groups excluding carboxylic acids is 1. The molecule has 0 fully saturated rings. The minimum Gasteiger partial charge on any atom is -0.311 e. The van der Waals surface area contributed by atoms with Crippen molar-refractivity contribution in [2.45, 2.75) is 26.7 Å². The molecule has 0 aliphatic heterocycles. The number of aromatic nitrogens is 3. The predicted molar refractivity (Wildman–Crippen MR) is 116 cm³/mol. The van der Waals surface area contributed by atoms with Crippen molar-refractivity contribution in [2.24, 2.45) is 0 Å². The molecule has 1 amide bonds. The van der Waals surface area contributed by atoms with Crippen LogP contribution in [0.5, 0.6) is 0 Å². The molecule has 146 valence electrons. The summed E-state index contributed by atoms with van der Waals surface area (Å²) in [5.74, 6) is 0.397. The third-order valence-corrected chi connectivity index (χ3v) is 5.50. The molecule has 0 unspecified atom stereocenters. The van der Waals surface area contributed by atoms with Crippen LogP contribution in [0.1, 0.15) is 23.5 Å². The zero-order valence-electron chi connectivity index (χ0n) is 16.2. The van der Waals surface area contributed by atoms with E-state index in [1.807, 2.05) is 23.6 Å². The van der Waals surface area contributed by atoms with Gasteiger partial charge in [0.1, 0.15) is 5.82 Å². The minimum absolute atomic E-state index is 0.177. The maximum Gasteiger partial charge on any atom is 0.254 e. The van der Waals surface area contributed by atoms with Gasteiger partial charge in [0.25, 0.3) is 5.56 Å². The normalized spacial score (nSPS) is 11.0. The summed E-state index contributed by atoms with van der Waals surface area (Å²) in [4.78, 5) is 35.8. The molecule has 0 aliphatic carbocycles. The Morgan fingerprint density at radius 3 is 2.69 bits per heavy atom. The van der Waals surface area contributed by atoms with Gasteiger partial charge in [0.05, 0.1) is 5.69 Å². The predicted octanol–water partition coefficient (Wildman–Crippen LogP) is 4.23. The quantitative estimate of drug-likeness (QED) is 0.521. The van der Waals surface area contributed by atoms with Gasteiger partial charge in [-0.25, -0.2) is 9.97 Å². The molecule has 2 aromatic carbocycles. The van der Waals surface area contributed by atoms with Crippen LogP contribution in [0.3, 0.4) is 0 Å². The van der Waals surface area contributed by atoms with Gasteiger partial charge < -0.3 is 10.3 Å². The number of H-pyrrole nitrogens is 1. The lowest BCUT2D eigenvalue weighted by Gasteiger charge is -2.05. The number of amides is 1. The van der Waals surface area contributed by atoms with E-state index in [2.05, 4.69) is 44.5 Å². The smallest absolute Gasteiger partial charge is 0.254 e.